The van der Waals surface area contributed by atoms with Crippen molar-refractivity contribution in [1.82, 2.24) is 4.90 Å². The van der Waals surface area contributed by atoms with E-state index in [1.165, 1.54) is 12.1 Å². The van der Waals surface area contributed by atoms with Crippen LogP contribution in [-0.2, 0) is 4.79 Å². The molecule has 0 radical (unpaired) electrons. The first-order valence-corrected chi connectivity index (χ1v) is 9.08. The average Bonchev–Trinajstić information content (AvgIpc) is 2.68. The van der Waals surface area contributed by atoms with Crippen LogP contribution >= 0.6 is 11.6 Å². The van der Waals surface area contributed by atoms with Crippen molar-refractivity contribution in [1.29, 1.82) is 5.26 Å². The number of hydrogen-bond donors (Lipinski definition) is 1. The molecule has 1 fully saturated rings. The number of nitrogens with zero attached hydrogens (tertiary/aromatic N) is 3. The predicted octanol–water partition coefficient (Wildman–Crippen LogP) is 3.27. The van der Waals surface area contributed by atoms with E-state index < -0.39 is 11.7 Å². The molecule has 1 N–H and O–H groups in total. The molecule has 0 spiro atoms. The van der Waals surface area contributed by atoms with Crippen LogP contribution in [0.5, 0.6) is 0 Å². The normalized spacial score (nSPS) is 13.8. The van der Waals surface area contributed by atoms with Gasteiger partial charge in [-0.2, -0.15) is 5.26 Å². The van der Waals surface area contributed by atoms with Crippen LogP contribution in [0.1, 0.15) is 22.8 Å². The molecular formula is C20H18ClFN4O2. The lowest BCUT2D eigenvalue weighted by atomic mass is 10.1. The number of benzene rings is 2. The van der Waals surface area contributed by atoms with Crippen molar-refractivity contribution in [3.8, 4) is 6.07 Å². The van der Waals surface area contributed by atoms with E-state index >= 15 is 0 Å². The molecule has 0 atom stereocenters. The predicted molar refractivity (Wildman–Crippen MR) is 105 cm³/mol. The van der Waals surface area contributed by atoms with Crippen LogP contribution in [0.25, 0.3) is 0 Å². The Morgan fingerprint density at radius 1 is 1.14 bits per heavy atom. The summed E-state index contributed by atoms with van der Waals surface area (Å²) in [7, 11) is 0. The molecule has 0 unspecified atom stereocenters. The van der Waals surface area contributed by atoms with Crippen LogP contribution < -0.4 is 10.2 Å². The van der Waals surface area contributed by atoms with Crippen molar-refractivity contribution in [2.45, 2.75) is 6.92 Å². The van der Waals surface area contributed by atoms with E-state index in [-0.39, 0.29) is 17.0 Å². The fourth-order valence-electron chi connectivity index (χ4n) is 3.07. The monoisotopic (exact) mass is 400 g/mol. The Labute approximate surface area is 167 Å². The van der Waals surface area contributed by atoms with Gasteiger partial charge in [0.25, 0.3) is 5.91 Å². The second-order valence-electron chi connectivity index (χ2n) is 6.42. The maximum absolute atomic E-state index is 14.0. The van der Waals surface area contributed by atoms with Gasteiger partial charge < -0.3 is 15.1 Å². The zero-order valence-electron chi connectivity index (χ0n) is 15.2. The molecule has 2 aromatic carbocycles. The highest BCUT2D eigenvalue weighted by atomic mass is 35.5. The average molecular weight is 401 g/mol. The lowest BCUT2D eigenvalue weighted by Crippen LogP contribution is -2.48. The molecule has 28 heavy (non-hydrogen) atoms. The third kappa shape index (κ3) is 4.24. The summed E-state index contributed by atoms with van der Waals surface area (Å²) in [5.41, 5.74) is 1.24. The second kappa shape index (κ2) is 8.28. The number of hydrogen-bond acceptors (Lipinski definition) is 4. The Balaban J connectivity index is 1.70. The molecule has 1 saturated heterocycles. The van der Waals surface area contributed by atoms with Gasteiger partial charge in [0.15, 0.2) is 0 Å². The number of nitrogens with one attached hydrogen (secondary N) is 1. The molecule has 8 heteroatoms. The summed E-state index contributed by atoms with van der Waals surface area (Å²) in [4.78, 5) is 27.6. The molecule has 0 bridgehead atoms. The standard InChI is InChI=1S/C20H18ClFN4O2/c1-13(27)25-6-8-26(9-7-25)19-5-3-15(11-17(19)21)24-20(28)16-4-2-14(12-23)10-18(16)22/h2-5,10-11H,6-9H2,1H3,(H,24,28). The van der Waals surface area contributed by atoms with Gasteiger partial charge in [-0.1, -0.05) is 11.6 Å². The van der Waals surface area contributed by atoms with Crippen molar-refractivity contribution in [2.75, 3.05) is 36.4 Å². The topological polar surface area (TPSA) is 76.4 Å². The van der Waals surface area contributed by atoms with E-state index in [2.05, 4.69) is 10.2 Å². The second-order valence-corrected chi connectivity index (χ2v) is 6.83. The number of carbonyl (C=O) groups excluding carboxylic acids is 2. The van der Waals surface area contributed by atoms with Crippen molar-refractivity contribution in [2.24, 2.45) is 0 Å². The van der Waals surface area contributed by atoms with E-state index in [0.29, 0.717) is 36.9 Å². The van der Waals surface area contributed by atoms with Crippen LogP contribution in [0.15, 0.2) is 36.4 Å². The molecule has 0 aliphatic carbocycles. The minimum absolute atomic E-state index is 0.0545. The van der Waals surface area contributed by atoms with E-state index in [0.717, 1.165) is 11.8 Å². The molecular weight excluding hydrogens is 383 g/mol. The first-order valence-electron chi connectivity index (χ1n) is 8.70. The van der Waals surface area contributed by atoms with Gasteiger partial charge in [-0.25, -0.2) is 4.39 Å². The molecule has 3 rings (SSSR count). The summed E-state index contributed by atoms with van der Waals surface area (Å²) in [6.45, 7) is 4.14. The van der Waals surface area contributed by atoms with Gasteiger partial charge in [-0.3, -0.25) is 9.59 Å². The molecule has 144 valence electrons. The number of halogens is 2. The highest BCUT2D eigenvalue weighted by molar-refractivity contribution is 6.33. The highest BCUT2D eigenvalue weighted by Crippen LogP contribution is 2.30. The van der Waals surface area contributed by atoms with E-state index in [1.54, 1.807) is 30.0 Å². The lowest BCUT2D eigenvalue weighted by Gasteiger charge is -2.36. The van der Waals surface area contributed by atoms with Gasteiger partial charge in [0, 0.05) is 38.8 Å². The summed E-state index contributed by atoms with van der Waals surface area (Å²) >= 11 is 6.38. The molecule has 6 nitrogen and oxygen atoms in total. The van der Waals surface area contributed by atoms with Crippen LogP contribution in [0, 0.1) is 17.1 Å². The number of rotatable bonds is 3. The first-order chi connectivity index (χ1) is 13.4. The zero-order chi connectivity index (χ0) is 20.3. The molecule has 2 aromatic rings. The minimum atomic E-state index is -0.761. The number of amides is 2. The SMILES string of the molecule is CC(=O)N1CCN(c2ccc(NC(=O)c3ccc(C#N)cc3F)cc2Cl)CC1. The third-order valence-corrected chi connectivity index (χ3v) is 4.92. The molecule has 1 aliphatic rings. The van der Waals surface area contributed by atoms with Crippen molar-refractivity contribution >= 4 is 34.8 Å². The van der Waals surface area contributed by atoms with Crippen LogP contribution in [0.2, 0.25) is 5.02 Å². The minimum Gasteiger partial charge on any atom is -0.367 e. The Morgan fingerprint density at radius 3 is 2.43 bits per heavy atom. The van der Waals surface area contributed by atoms with E-state index in [9.17, 15) is 14.0 Å². The van der Waals surface area contributed by atoms with Crippen LogP contribution in [0.4, 0.5) is 15.8 Å². The zero-order valence-corrected chi connectivity index (χ0v) is 16.0. The van der Waals surface area contributed by atoms with Crippen molar-refractivity contribution in [3.63, 3.8) is 0 Å². The first kappa shape index (κ1) is 19.6. The fraction of sp³-hybridized carbons (Fsp3) is 0.250. The number of carbonyl (C=O) groups is 2. The highest BCUT2D eigenvalue weighted by Gasteiger charge is 2.21. The Kier molecular flexibility index (Phi) is 5.81. The smallest absolute Gasteiger partial charge is 0.258 e. The van der Waals surface area contributed by atoms with Gasteiger partial charge >= 0.3 is 0 Å². The Bertz CT molecular complexity index is 965. The maximum atomic E-state index is 14.0. The van der Waals surface area contributed by atoms with Crippen LogP contribution in [0.3, 0.4) is 0 Å². The largest absolute Gasteiger partial charge is 0.367 e. The van der Waals surface area contributed by atoms with Crippen molar-refractivity contribution in [3.05, 3.63) is 58.4 Å². The quantitative estimate of drug-likeness (QED) is 0.857. The molecule has 0 saturated carbocycles. The Morgan fingerprint density at radius 2 is 1.86 bits per heavy atom. The summed E-state index contributed by atoms with van der Waals surface area (Å²) < 4.78 is 14.0. The van der Waals surface area contributed by atoms with Gasteiger partial charge in [-0.15, -0.1) is 0 Å². The maximum Gasteiger partial charge on any atom is 0.258 e. The van der Waals surface area contributed by atoms with Gasteiger partial charge in [-0.05, 0) is 36.4 Å². The number of anilines is 2. The number of nitriles is 1. The molecule has 2 amide bonds. The van der Waals surface area contributed by atoms with E-state index in [1.807, 2.05) is 6.07 Å². The van der Waals surface area contributed by atoms with E-state index in [4.69, 9.17) is 16.9 Å². The fourth-order valence-corrected chi connectivity index (χ4v) is 3.37. The third-order valence-electron chi connectivity index (χ3n) is 4.61. The van der Waals surface area contributed by atoms with Gasteiger partial charge in [0.05, 0.1) is 27.9 Å². The number of piperazine rings is 1. The summed E-state index contributed by atoms with van der Waals surface area (Å²) in [6.07, 6.45) is 0. The summed E-state index contributed by atoms with van der Waals surface area (Å²) in [5.74, 6) is -1.33. The summed E-state index contributed by atoms with van der Waals surface area (Å²) in [6, 6.07) is 10.6. The Hall–Kier alpha value is -3.11. The van der Waals surface area contributed by atoms with Gasteiger partial charge in [0.1, 0.15) is 5.82 Å². The lowest BCUT2D eigenvalue weighted by molar-refractivity contribution is -0.129. The van der Waals surface area contributed by atoms with Crippen LogP contribution in [-0.4, -0.2) is 42.9 Å². The molecule has 0 aromatic heterocycles. The molecule has 1 heterocycles. The van der Waals surface area contributed by atoms with Gasteiger partial charge in [0.2, 0.25) is 5.91 Å². The summed E-state index contributed by atoms with van der Waals surface area (Å²) in [5, 5.41) is 11.8. The van der Waals surface area contributed by atoms with Crippen molar-refractivity contribution < 1.29 is 14.0 Å². The molecule has 1 aliphatic heterocycles.